The molecule has 0 fully saturated rings. The van der Waals surface area contributed by atoms with Gasteiger partial charge in [-0.25, -0.2) is 0 Å². The Morgan fingerprint density at radius 1 is 1.70 bits per heavy atom. The number of aliphatic hydroxyl groups excluding tert-OH is 1. The third kappa shape index (κ3) is 4.29. The molecule has 0 aromatic carbocycles. The molecule has 3 N–H and O–H groups in total. The fraction of sp³-hybridized carbons (Fsp3) is 0.833. The van der Waals surface area contributed by atoms with Crippen LogP contribution in [0.25, 0.3) is 0 Å². The molecule has 4 heteroatoms. The van der Waals surface area contributed by atoms with E-state index >= 15 is 0 Å². The van der Waals surface area contributed by atoms with Crippen molar-refractivity contribution in [3.63, 3.8) is 0 Å². The van der Waals surface area contributed by atoms with E-state index < -0.39 is 12.0 Å². The predicted molar refractivity (Wildman–Crippen MR) is 36.3 cm³/mol. The van der Waals surface area contributed by atoms with E-state index in [0.717, 1.165) is 0 Å². The van der Waals surface area contributed by atoms with Crippen LogP contribution in [0.3, 0.4) is 0 Å². The van der Waals surface area contributed by atoms with Crippen molar-refractivity contribution >= 4 is 5.91 Å². The van der Waals surface area contributed by atoms with Gasteiger partial charge in [0.05, 0.1) is 12.7 Å². The van der Waals surface area contributed by atoms with Crippen molar-refractivity contribution in [3.05, 3.63) is 0 Å². The Hall–Kier alpha value is -0.610. The second kappa shape index (κ2) is 4.24. The minimum atomic E-state index is -1.18. The summed E-state index contributed by atoms with van der Waals surface area (Å²) in [6, 6.07) is 0. The molecule has 0 aliphatic carbocycles. The largest absolute Gasteiger partial charge is 0.381 e. The maximum Gasteiger partial charge on any atom is 0.248 e. The number of aliphatic hydroxyl groups is 1. The predicted octanol–water partition coefficient (Wildman–Crippen LogP) is -0.742. The van der Waals surface area contributed by atoms with Gasteiger partial charge in [-0.1, -0.05) is 0 Å². The fourth-order valence-corrected chi connectivity index (χ4v) is 0.366. The van der Waals surface area contributed by atoms with E-state index in [1.807, 2.05) is 13.8 Å². The van der Waals surface area contributed by atoms with Gasteiger partial charge in [0.25, 0.3) is 0 Å². The highest BCUT2D eigenvalue weighted by molar-refractivity contribution is 5.78. The Morgan fingerprint density at radius 3 is 2.50 bits per heavy atom. The lowest BCUT2D eigenvalue weighted by Crippen LogP contribution is -2.33. The van der Waals surface area contributed by atoms with Gasteiger partial charge in [0, 0.05) is 0 Å². The second-order valence-corrected chi connectivity index (χ2v) is 2.30. The number of ether oxygens (including phenoxy) is 1. The van der Waals surface area contributed by atoms with Crippen LogP contribution in [-0.4, -0.2) is 29.8 Å². The summed E-state index contributed by atoms with van der Waals surface area (Å²) in [5.41, 5.74) is 4.75. The van der Waals surface area contributed by atoms with E-state index in [2.05, 4.69) is 0 Å². The summed E-state index contributed by atoms with van der Waals surface area (Å²) in [4.78, 5) is 10.2. The number of nitrogens with two attached hydrogens (primary N) is 1. The first-order valence-electron chi connectivity index (χ1n) is 3.13. The lowest BCUT2D eigenvalue weighted by molar-refractivity contribution is -0.129. The molecule has 0 aliphatic heterocycles. The van der Waals surface area contributed by atoms with Crippen molar-refractivity contribution in [3.8, 4) is 0 Å². The average molecular weight is 147 g/mol. The molecule has 0 aromatic heterocycles. The lowest BCUT2D eigenvalue weighted by Gasteiger charge is -2.09. The van der Waals surface area contributed by atoms with E-state index in [4.69, 9.17) is 15.6 Å². The minimum absolute atomic E-state index is 0.00833. The third-order valence-corrected chi connectivity index (χ3v) is 0.916. The maximum atomic E-state index is 10.2. The van der Waals surface area contributed by atoms with Crippen molar-refractivity contribution in [2.24, 2.45) is 5.73 Å². The quantitative estimate of drug-likeness (QED) is 0.550. The van der Waals surface area contributed by atoms with Gasteiger partial charge in [0.1, 0.15) is 0 Å². The normalized spacial score (nSPS) is 13.6. The van der Waals surface area contributed by atoms with Gasteiger partial charge in [-0.15, -0.1) is 0 Å². The molecule has 0 radical (unpaired) electrons. The van der Waals surface area contributed by atoms with Crippen LogP contribution in [0.4, 0.5) is 0 Å². The molecule has 60 valence electrons. The van der Waals surface area contributed by atoms with E-state index in [-0.39, 0.29) is 12.7 Å². The molecule has 4 nitrogen and oxygen atoms in total. The molecule has 0 rings (SSSR count). The molecule has 1 unspecified atom stereocenters. The van der Waals surface area contributed by atoms with E-state index in [1.54, 1.807) is 0 Å². The molecule has 0 bridgehead atoms. The second-order valence-electron chi connectivity index (χ2n) is 2.30. The first-order chi connectivity index (χ1) is 4.54. The minimum Gasteiger partial charge on any atom is -0.381 e. The first kappa shape index (κ1) is 9.39. The van der Waals surface area contributed by atoms with Gasteiger partial charge < -0.3 is 15.6 Å². The SMILES string of the molecule is CC(C)OCC(O)C(N)=O. The smallest absolute Gasteiger partial charge is 0.248 e. The zero-order chi connectivity index (χ0) is 8.15. The Bertz CT molecular complexity index is 114. The summed E-state index contributed by atoms with van der Waals surface area (Å²) in [7, 11) is 0. The molecule has 0 saturated carbocycles. The maximum absolute atomic E-state index is 10.2. The van der Waals surface area contributed by atoms with Crippen LogP contribution in [0.15, 0.2) is 0 Å². The molecule has 0 saturated heterocycles. The Labute approximate surface area is 60.0 Å². The van der Waals surface area contributed by atoms with Crippen LogP contribution in [-0.2, 0) is 9.53 Å². The number of hydrogen-bond donors (Lipinski definition) is 2. The van der Waals surface area contributed by atoms with Crippen molar-refractivity contribution < 1.29 is 14.6 Å². The molecule has 1 atom stereocenters. The van der Waals surface area contributed by atoms with Crippen molar-refractivity contribution in [2.45, 2.75) is 26.1 Å². The third-order valence-electron chi connectivity index (χ3n) is 0.916. The van der Waals surface area contributed by atoms with Crippen LogP contribution in [0.5, 0.6) is 0 Å². The molecule has 0 heterocycles. The molecule has 0 spiro atoms. The van der Waals surface area contributed by atoms with Crippen LogP contribution in [0.2, 0.25) is 0 Å². The zero-order valence-corrected chi connectivity index (χ0v) is 6.20. The number of primary amides is 1. The number of rotatable bonds is 4. The standard InChI is InChI=1S/C6H13NO3/c1-4(2)10-3-5(8)6(7)9/h4-5,8H,3H2,1-2H3,(H2,7,9). The Morgan fingerprint density at radius 2 is 2.20 bits per heavy atom. The van der Waals surface area contributed by atoms with Crippen LogP contribution < -0.4 is 5.73 Å². The summed E-state index contributed by atoms with van der Waals surface area (Å²) in [6.45, 7) is 3.61. The highest BCUT2D eigenvalue weighted by atomic mass is 16.5. The van der Waals surface area contributed by atoms with E-state index in [1.165, 1.54) is 0 Å². The number of hydrogen-bond acceptors (Lipinski definition) is 3. The summed E-state index contributed by atoms with van der Waals surface area (Å²) >= 11 is 0. The summed E-state index contributed by atoms with van der Waals surface area (Å²) in [5.74, 6) is -0.749. The van der Waals surface area contributed by atoms with E-state index in [0.29, 0.717) is 0 Å². The van der Waals surface area contributed by atoms with Crippen LogP contribution in [0, 0.1) is 0 Å². The van der Waals surface area contributed by atoms with Gasteiger partial charge in [-0.3, -0.25) is 4.79 Å². The lowest BCUT2D eigenvalue weighted by atomic mass is 10.3. The number of amides is 1. The number of carbonyl (C=O) groups excluding carboxylic acids is 1. The molecule has 1 amide bonds. The highest BCUT2D eigenvalue weighted by Gasteiger charge is 2.10. The zero-order valence-electron chi connectivity index (χ0n) is 6.20. The topological polar surface area (TPSA) is 72.6 Å². The summed E-state index contributed by atoms with van der Waals surface area (Å²) < 4.78 is 4.91. The van der Waals surface area contributed by atoms with Crippen molar-refractivity contribution in [1.29, 1.82) is 0 Å². The summed E-state index contributed by atoms with van der Waals surface area (Å²) in [5, 5.41) is 8.78. The van der Waals surface area contributed by atoms with Crippen molar-refractivity contribution in [2.75, 3.05) is 6.61 Å². The first-order valence-corrected chi connectivity index (χ1v) is 3.13. The van der Waals surface area contributed by atoms with Gasteiger partial charge >= 0.3 is 0 Å². The average Bonchev–Trinajstić information content (AvgIpc) is 1.82. The van der Waals surface area contributed by atoms with Gasteiger partial charge in [0.15, 0.2) is 6.10 Å². The molecule has 0 aliphatic rings. The molecule has 0 aromatic rings. The molecule has 10 heavy (non-hydrogen) atoms. The highest BCUT2D eigenvalue weighted by Crippen LogP contribution is 1.90. The van der Waals surface area contributed by atoms with Crippen LogP contribution in [0.1, 0.15) is 13.8 Å². The Kier molecular flexibility index (Phi) is 3.99. The van der Waals surface area contributed by atoms with Gasteiger partial charge in [0.2, 0.25) is 5.91 Å². The van der Waals surface area contributed by atoms with Gasteiger partial charge in [-0.2, -0.15) is 0 Å². The number of carbonyl (C=O) groups is 1. The molecular formula is C6H13NO3. The fourth-order valence-electron chi connectivity index (χ4n) is 0.366. The van der Waals surface area contributed by atoms with Crippen LogP contribution >= 0.6 is 0 Å². The van der Waals surface area contributed by atoms with Crippen molar-refractivity contribution in [1.82, 2.24) is 0 Å². The van der Waals surface area contributed by atoms with E-state index in [9.17, 15) is 4.79 Å². The Balaban J connectivity index is 3.40. The van der Waals surface area contributed by atoms with Gasteiger partial charge in [-0.05, 0) is 13.8 Å². The molecular weight excluding hydrogens is 134 g/mol. The monoisotopic (exact) mass is 147 g/mol. The summed E-state index contributed by atoms with van der Waals surface area (Å²) in [6.07, 6.45) is -1.17.